The number of hydrogen-bond acceptors (Lipinski definition) is 2. The van der Waals surface area contributed by atoms with Crippen LogP contribution in [0.4, 0.5) is 8.78 Å². The number of benzene rings is 1. The lowest BCUT2D eigenvalue weighted by molar-refractivity contribution is 0.504. The minimum absolute atomic E-state index is 0.374. The Kier molecular flexibility index (Phi) is 3.41. The predicted octanol–water partition coefficient (Wildman–Crippen LogP) is 1.57. The number of halogens is 2. The fourth-order valence-electron chi connectivity index (χ4n) is 1.17. The van der Waals surface area contributed by atoms with Gasteiger partial charge in [-0.3, -0.25) is 0 Å². The first-order valence-corrected chi connectivity index (χ1v) is 6.11. The molecule has 0 fully saturated rings. The molecule has 0 radical (unpaired) electrons. The molecule has 0 saturated carbocycles. The molecular weight excluding hydrogens is 224 g/mol. The van der Waals surface area contributed by atoms with Crippen LogP contribution in [0.2, 0.25) is 0 Å². The number of sulfonamides is 1. The van der Waals surface area contributed by atoms with Crippen LogP contribution < -0.4 is 4.72 Å². The van der Waals surface area contributed by atoms with E-state index < -0.39 is 27.7 Å². The molecule has 3 nitrogen and oxygen atoms in total. The van der Waals surface area contributed by atoms with E-state index in [4.69, 9.17) is 0 Å². The molecule has 84 valence electrons. The van der Waals surface area contributed by atoms with Gasteiger partial charge in [0.1, 0.15) is 0 Å². The van der Waals surface area contributed by atoms with E-state index >= 15 is 0 Å². The summed E-state index contributed by atoms with van der Waals surface area (Å²) in [6.07, 6.45) is 1.00. The molecule has 0 spiro atoms. The van der Waals surface area contributed by atoms with E-state index in [2.05, 4.69) is 4.72 Å². The fraction of sp³-hybridized carbons (Fsp3) is 0.333. The van der Waals surface area contributed by atoms with Crippen molar-refractivity contribution in [3.8, 4) is 0 Å². The van der Waals surface area contributed by atoms with Gasteiger partial charge in [-0.15, -0.1) is 0 Å². The summed E-state index contributed by atoms with van der Waals surface area (Å²) in [5, 5.41) is 0. The molecule has 0 amide bonds. The number of nitrogens with one attached hydrogen (secondary N) is 1. The van der Waals surface area contributed by atoms with Crippen LogP contribution in [-0.4, -0.2) is 14.7 Å². The molecule has 0 saturated heterocycles. The third-order valence-corrected chi connectivity index (χ3v) is 2.62. The van der Waals surface area contributed by atoms with E-state index in [9.17, 15) is 17.2 Å². The topological polar surface area (TPSA) is 46.2 Å². The summed E-state index contributed by atoms with van der Waals surface area (Å²) in [5.41, 5.74) is 0.374. The summed E-state index contributed by atoms with van der Waals surface area (Å²) in [5.74, 6) is -1.94. The van der Waals surface area contributed by atoms with Crippen molar-refractivity contribution in [1.29, 1.82) is 0 Å². The van der Waals surface area contributed by atoms with E-state index in [0.29, 0.717) is 5.56 Å². The second-order valence-corrected chi connectivity index (χ2v) is 5.07. The zero-order valence-corrected chi connectivity index (χ0v) is 9.11. The third-order valence-electron chi connectivity index (χ3n) is 1.83. The molecule has 15 heavy (non-hydrogen) atoms. The summed E-state index contributed by atoms with van der Waals surface area (Å²) in [6.45, 7) is 1.55. The first-order valence-electron chi connectivity index (χ1n) is 4.22. The molecule has 0 aromatic heterocycles. The number of rotatable bonds is 3. The Morgan fingerprint density at radius 2 is 1.87 bits per heavy atom. The van der Waals surface area contributed by atoms with Crippen molar-refractivity contribution in [3.05, 3.63) is 35.4 Å². The van der Waals surface area contributed by atoms with Crippen LogP contribution in [0.5, 0.6) is 0 Å². The Hall–Kier alpha value is -1.01. The first kappa shape index (κ1) is 12.1. The molecule has 0 aliphatic heterocycles. The zero-order chi connectivity index (χ0) is 11.6. The molecule has 0 heterocycles. The smallest absolute Gasteiger partial charge is 0.209 e. The molecule has 0 aliphatic rings. The Morgan fingerprint density at radius 1 is 1.27 bits per heavy atom. The quantitative estimate of drug-likeness (QED) is 0.864. The zero-order valence-electron chi connectivity index (χ0n) is 8.29. The van der Waals surface area contributed by atoms with Crippen LogP contribution in [0.3, 0.4) is 0 Å². The standard InChI is InChI=1S/C9H11F2NO2S/c1-6(12-15(2,13)14)7-3-4-8(10)9(11)5-7/h3-6,12H,1-2H3/t6-/m0/s1. The van der Waals surface area contributed by atoms with Gasteiger partial charge in [-0.1, -0.05) is 6.07 Å². The van der Waals surface area contributed by atoms with Gasteiger partial charge < -0.3 is 0 Å². The summed E-state index contributed by atoms with van der Waals surface area (Å²) in [4.78, 5) is 0. The molecule has 1 rings (SSSR count). The van der Waals surface area contributed by atoms with Gasteiger partial charge in [0.05, 0.1) is 6.26 Å². The Bertz CT molecular complexity index is 459. The molecule has 0 aliphatic carbocycles. The molecule has 1 N–H and O–H groups in total. The Balaban J connectivity index is 2.92. The maximum atomic E-state index is 12.8. The van der Waals surface area contributed by atoms with Crippen molar-refractivity contribution in [2.24, 2.45) is 0 Å². The van der Waals surface area contributed by atoms with Gasteiger partial charge >= 0.3 is 0 Å². The molecule has 1 aromatic carbocycles. The van der Waals surface area contributed by atoms with Crippen LogP contribution >= 0.6 is 0 Å². The maximum Gasteiger partial charge on any atom is 0.209 e. The minimum Gasteiger partial charge on any atom is -0.213 e. The van der Waals surface area contributed by atoms with Crippen molar-refractivity contribution in [1.82, 2.24) is 4.72 Å². The molecule has 0 bridgehead atoms. The van der Waals surface area contributed by atoms with Gasteiger partial charge in [-0.2, -0.15) is 0 Å². The van der Waals surface area contributed by atoms with E-state index in [1.165, 1.54) is 6.07 Å². The molecular formula is C9H11F2NO2S. The van der Waals surface area contributed by atoms with E-state index in [0.717, 1.165) is 18.4 Å². The van der Waals surface area contributed by atoms with Gasteiger partial charge in [0.2, 0.25) is 10.0 Å². The SMILES string of the molecule is C[C@H](NS(C)(=O)=O)c1ccc(F)c(F)c1. The lowest BCUT2D eigenvalue weighted by Gasteiger charge is -2.12. The van der Waals surface area contributed by atoms with Crippen molar-refractivity contribution in [2.45, 2.75) is 13.0 Å². The van der Waals surface area contributed by atoms with Crippen LogP contribution in [0.25, 0.3) is 0 Å². The van der Waals surface area contributed by atoms with Gasteiger partial charge in [-0.25, -0.2) is 21.9 Å². The lowest BCUT2D eigenvalue weighted by atomic mass is 10.1. The largest absolute Gasteiger partial charge is 0.213 e. The van der Waals surface area contributed by atoms with E-state index in [1.807, 2.05) is 0 Å². The fourth-order valence-corrected chi connectivity index (χ4v) is 1.95. The summed E-state index contributed by atoms with van der Waals surface area (Å²) >= 11 is 0. The highest BCUT2D eigenvalue weighted by Gasteiger charge is 2.12. The maximum absolute atomic E-state index is 12.8. The molecule has 6 heteroatoms. The predicted molar refractivity (Wildman–Crippen MR) is 52.8 cm³/mol. The van der Waals surface area contributed by atoms with Gasteiger partial charge in [-0.05, 0) is 24.6 Å². The second kappa shape index (κ2) is 4.24. The van der Waals surface area contributed by atoms with Crippen molar-refractivity contribution in [3.63, 3.8) is 0 Å². The Morgan fingerprint density at radius 3 is 2.33 bits per heavy atom. The molecule has 1 atom stereocenters. The lowest BCUT2D eigenvalue weighted by Crippen LogP contribution is -2.25. The molecule has 0 unspecified atom stereocenters. The van der Waals surface area contributed by atoms with E-state index in [1.54, 1.807) is 6.92 Å². The van der Waals surface area contributed by atoms with Crippen molar-refractivity contribution >= 4 is 10.0 Å². The van der Waals surface area contributed by atoms with Gasteiger partial charge in [0.15, 0.2) is 11.6 Å². The summed E-state index contributed by atoms with van der Waals surface area (Å²) < 4.78 is 49.4. The molecule has 1 aromatic rings. The monoisotopic (exact) mass is 235 g/mol. The van der Waals surface area contributed by atoms with E-state index in [-0.39, 0.29) is 0 Å². The van der Waals surface area contributed by atoms with Gasteiger partial charge in [0.25, 0.3) is 0 Å². The highest BCUT2D eigenvalue weighted by Crippen LogP contribution is 2.16. The second-order valence-electron chi connectivity index (χ2n) is 3.29. The van der Waals surface area contributed by atoms with Crippen LogP contribution in [0.15, 0.2) is 18.2 Å². The normalized spacial score (nSPS) is 13.9. The van der Waals surface area contributed by atoms with Crippen LogP contribution in [0, 0.1) is 11.6 Å². The summed E-state index contributed by atoms with van der Waals surface area (Å²) in [6, 6.07) is 2.68. The van der Waals surface area contributed by atoms with Gasteiger partial charge in [0, 0.05) is 6.04 Å². The highest BCUT2D eigenvalue weighted by molar-refractivity contribution is 7.88. The van der Waals surface area contributed by atoms with Crippen LogP contribution in [0.1, 0.15) is 18.5 Å². The Labute approximate surface area is 87.2 Å². The third kappa shape index (κ3) is 3.56. The average Bonchev–Trinajstić information content (AvgIpc) is 2.06. The number of hydrogen-bond donors (Lipinski definition) is 1. The first-order chi connectivity index (χ1) is 6.79. The van der Waals surface area contributed by atoms with Crippen LogP contribution in [-0.2, 0) is 10.0 Å². The highest BCUT2D eigenvalue weighted by atomic mass is 32.2. The van der Waals surface area contributed by atoms with Crippen molar-refractivity contribution < 1.29 is 17.2 Å². The summed E-state index contributed by atoms with van der Waals surface area (Å²) in [7, 11) is -3.36. The average molecular weight is 235 g/mol. The van der Waals surface area contributed by atoms with Crippen molar-refractivity contribution in [2.75, 3.05) is 6.26 Å². The minimum atomic E-state index is -3.36.